The molecule has 0 bridgehead atoms. The minimum Gasteiger partial charge on any atom is -0.361 e. The first-order valence-corrected chi connectivity index (χ1v) is 7.30. The molecule has 0 aliphatic heterocycles. The zero-order valence-corrected chi connectivity index (χ0v) is 12.5. The third kappa shape index (κ3) is 2.66. The Morgan fingerprint density at radius 1 is 1.05 bits per heavy atom. The van der Waals surface area contributed by atoms with E-state index in [0.29, 0.717) is 10.7 Å². The Morgan fingerprint density at radius 2 is 1.82 bits per heavy atom. The Bertz CT molecular complexity index is 815. The number of benzene rings is 2. The lowest BCUT2D eigenvalue weighted by atomic mass is 9.87. The van der Waals surface area contributed by atoms with Gasteiger partial charge in [-0.25, -0.2) is 0 Å². The highest BCUT2D eigenvalue weighted by Gasteiger charge is 2.27. The molecule has 108 valence electrons. The fourth-order valence-electron chi connectivity index (χ4n) is 2.58. The molecule has 1 atom stereocenters. The summed E-state index contributed by atoms with van der Waals surface area (Å²) >= 11 is 6.17. The summed E-state index contributed by atoms with van der Waals surface area (Å²) in [6, 6.07) is 15.2. The molecule has 0 spiro atoms. The zero-order valence-electron chi connectivity index (χ0n) is 11.8. The zero-order chi connectivity index (χ0) is 15.5. The summed E-state index contributed by atoms with van der Waals surface area (Å²) in [7, 11) is 0. The molecular weight excluding hydrogens is 294 g/mol. The molecule has 0 fully saturated rings. The van der Waals surface area contributed by atoms with Gasteiger partial charge in [0.1, 0.15) is 6.04 Å². The highest BCUT2D eigenvalue weighted by molar-refractivity contribution is 6.31. The molecule has 1 aliphatic rings. The van der Waals surface area contributed by atoms with Crippen molar-refractivity contribution in [3.63, 3.8) is 0 Å². The summed E-state index contributed by atoms with van der Waals surface area (Å²) in [5.41, 5.74) is 19.5. The lowest BCUT2D eigenvalue weighted by Gasteiger charge is -2.15. The van der Waals surface area contributed by atoms with Crippen LogP contribution in [-0.2, 0) is 0 Å². The molecule has 22 heavy (non-hydrogen) atoms. The van der Waals surface area contributed by atoms with Gasteiger partial charge in [-0.05, 0) is 34.9 Å². The maximum Gasteiger partial charge on any atom is 0.320 e. The number of allylic oxidation sites excluding steroid dienone is 2. The SMILES string of the molecule is [N-]=[N+]=C1C(c2ccc(Cl)cc2-c2ccccc2)=CC=CC1N. The summed E-state index contributed by atoms with van der Waals surface area (Å²) in [4.78, 5) is 3.38. The quantitative estimate of drug-likeness (QED) is 0.662. The van der Waals surface area contributed by atoms with Crippen LogP contribution >= 0.6 is 11.6 Å². The summed E-state index contributed by atoms with van der Waals surface area (Å²) in [6.45, 7) is 0. The smallest absolute Gasteiger partial charge is 0.320 e. The lowest BCUT2D eigenvalue weighted by molar-refractivity contribution is -0.00572. The topological polar surface area (TPSA) is 62.4 Å². The minimum absolute atomic E-state index is 0.427. The molecule has 2 aromatic carbocycles. The maximum absolute atomic E-state index is 9.32. The lowest BCUT2D eigenvalue weighted by Crippen LogP contribution is -2.31. The van der Waals surface area contributed by atoms with Crippen LogP contribution in [-0.4, -0.2) is 16.5 Å². The average molecular weight is 308 g/mol. The van der Waals surface area contributed by atoms with Crippen LogP contribution in [0.5, 0.6) is 0 Å². The van der Waals surface area contributed by atoms with E-state index in [1.165, 1.54) is 0 Å². The molecule has 1 aliphatic carbocycles. The van der Waals surface area contributed by atoms with Gasteiger partial charge in [0.25, 0.3) is 0 Å². The molecule has 0 amide bonds. The van der Waals surface area contributed by atoms with Gasteiger partial charge in [0, 0.05) is 5.02 Å². The molecule has 1 unspecified atom stereocenters. The maximum atomic E-state index is 9.32. The van der Waals surface area contributed by atoms with Crippen molar-refractivity contribution >= 4 is 22.9 Å². The Hall–Kier alpha value is -2.45. The second-order valence-corrected chi connectivity index (χ2v) is 5.47. The van der Waals surface area contributed by atoms with E-state index in [0.717, 1.165) is 22.3 Å². The molecule has 0 heterocycles. The third-order valence-corrected chi connectivity index (χ3v) is 3.87. The van der Waals surface area contributed by atoms with Gasteiger partial charge in [-0.1, -0.05) is 60.2 Å². The van der Waals surface area contributed by atoms with Crippen molar-refractivity contribution in [2.75, 3.05) is 0 Å². The number of hydrogen-bond donors (Lipinski definition) is 1. The summed E-state index contributed by atoms with van der Waals surface area (Å²) < 4.78 is 0. The van der Waals surface area contributed by atoms with Gasteiger partial charge in [-0.15, -0.1) is 0 Å². The van der Waals surface area contributed by atoms with Crippen LogP contribution in [0.25, 0.3) is 22.2 Å². The number of nitrogens with two attached hydrogens (primary N) is 1. The van der Waals surface area contributed by atoms with Crippen molar-refractivity contribution in [2.45, 2.75) is 6.04 Å². The molecule has 2 aromatic rings. The van der Waals surface area contributed by atoms with E-state index < -0.39 is 6.04 Å². The molecular formula is C18H14ClN3. The second kappa shape index (κ2) is 6.12. The van der Waals surface area contributed by atoms with Crippen LogP contribution in [0.15, 0.2) is 66.8 Å². The van der Waals surface area contributed by atoms with Crippen molar-refractivity contribution in [1.29, 1.82) is 0 Å². The van der Waals surface area contributed by atoms with Crippen LogP contribution in [0, 0.1) is 0 Å². The van der Waals surface area contributed by atoms with Gasteiger partial charge in [0.2, 0.25) is 0 Å². The molecule has 0 saturated heterocycles. The Morgan fingerprint density at radius 3 is 2.55 bits per heavy atom. The first-order valence-electron chi connectivity index (χ1n) is 6.92. The van der Waals surface area contributed by atoms with Crippen molar-refractivity contribution in [1.82, 2.24) is 0 Å². The fraction of sp³-hybridized carbons (Fsp3) is 0.0556. The number of halogens is 1. The van der Waals surface area contributed by atoms with Crippen molar-refractivity contribution in [2.24, 2.45) is 5.73 Å². The minimum atomic E-state index is -0.427. The van der Waals surface area contributed by atoms with Crippen LogP contribution in [0.3, 0.4) is 0 Å². The highest BCUT2D eigenvalue weighted by atomic mass is 35.5. The van der Waals surface area contributed by atoms with Gasteiger partial charge in [0.15, 0.2) is 0 Å². The van der Waals surface area contributed by atoms with Crippen LogP contribution in [0.2, 0.25) is 5.02 Å². The third-order valence-electron chi connectivity index (χ3n) is 3.64. The second-order valence-electron chi connectivity index (χ2n) is 5.03. The van der Waals surface area contributed by atoms with Crippen LogP contribution < -0.4 is 5.73 Å². The fourth-order valence-corrected chi connectivity index (χ4v) is 2.76. The molecule has 0 saturated carbocycles. The normalized spacial score (nSPS) is 17.1. The van der Waals surface area contributed by atoms with Crippen LogP contribution in [0.4, 0.5) is 0 Å². The highest BCUT2D eigenvalue weighted by Crippen LogP contribution is 2.33. The predicted octanol–water partition coefficient (Wildman–Crippen LogP) is 3.96. The molecule has 4 heteroatoms. The molecule has 0 aromatic heterocycles. The summed E-state index contributed by atoms with van der Waals surface area (Å²) in [5.74, 6) is 0. The van der Waals surface area contributed by atoms with Crippen LogP contribution in [0.1, 0.15) is 5.56 Å². The Labute approximate surface area is 134 Å². The van der Waals surface area contributed by atoms with Gasteiger partial charge < -0.3 is 11.3 Å². The summed E-state index contributed by atoms with van der Waals surface area (Å²) in [6.07, 6.45) is 5.56. The van der Waals surface area contributed by atoms with Gasteiger partial charge in [-0.2, -0.15) is 4.79 Å². The largest absolute Gasteiger partial charge is 0.361 e. The first-order chi connectivity index (χ1) is 10.7. The van der Waals surface area contributed by atoms with E-state index in [1.807, 2.05) is 60.7 Å². The first kappa shape index (κ1) is 14.5. The van der Waals surface area contributed by atoms with E-state index >= 15 is 0 Å². The van der Waals surface area contributed by atoms with Crippen molar-refractivity contribution in [3.8, 4) is 11.1 Å². The summed E-state index contributed by atoms with van der Waals surface area (Å²) in [5, 5.41) is 0.654. The predicted molar refractivity (Wildman–Crippen MR) is 90.6 cm³/mol. The molecule has 3 rings (SSSR count). The standard InChI is InChI=1S/C18H14ClN3/c19-13-9-10-14(15-7-4-8-17(20)18(15)22-21)16(11-13)12-5-2-1-3-6-12/h1-11,17H,20H2. The van der Waals surface area contributed by atoms with E-state index in [9.17, 15) is 5.53 Å². The number of rotatable bonds is 2. The average Bonchev–Trinajstić information content (AvgIpc) is 2.55. The van der Waals surface area contributed by atoms with Crippen molar-refractivity contribution in [3.05, 3.63) is 82.9 Å². The number of nitrogens with zero attached hydrogens (tertiary/aromatic N) is 2. The van der Waals surface area contributed by atoms with Gasteiger partial charge in [-0.3, -0.25) is 0 Å². The Kier molecular flexibility index (Phi) is 4.03. The Balaban J connectivity index is 2.22. The van der Waals surface area contributed by atoms with E-state index in [1.54, 1.807) is 6.08 Å². The van der Waals surface area contributed by atoms with Crippen molar-refractivity contribution < 1.29 is 4.79 Å². The monoisotopic (exact) mass is 307 g/mol. The van der Waals surface area contributed by atoms with E-state index in [2.05, 4.69) is 4.79 Å². The van der Waals surface area contributed by atoms with Gasteiger partial charge in [0.05, 0.1) is 5.57 Å². The number of hydrogen-bond acceptors (Lipinski definition) is 1. The van der Waals surface area contributed by atoms with E-state index in [-0.39, 0.29) is 0 Å². The molecule has 2 N–H and O–H groups in total. The van der Waals surface area contributed by atoms with E-state index in [4.69, 9.17) is 17.3 Å². The van der Waals surface area contributed by atoms with Gasteiger partial charge >= 0.3 is 5.71 Å². The molecule has 3 nitrogen and oxygen atoms in total. The molecule has 0 radical (unpaired) electrons.